The Labute approximate surface area is 123 Å². The van der Waals surface area contributed by atoms with E-state index in [9.17, 15) is 13.2 Å². The van der Waals surface area contributed by atoms with Gasteiger partial charge in [-0.05, 0) is 13.0 Å². The molecular weight excluding hydrogens is 289 g/mol. The van der Waals surface area contributed by atoms with Crippen LogP contribution in [0.25, 0.3) is 0 Å². The molecule has 0 radical (unpaired) electrons. The van der Waals surface area contributed by atoms with Crippen molar-refractivity contribution in [2.45, 2.75) is 25.8 Å². The average Bonchev–Trinajstić information content (AvgIpc) is 2.40. The van der Waals surface area contributed by atoms with E-state index < -0.39 is 18.3 Å². The smallest absolute Gasteiger partial charge is 0.240 e. The molecule has 1 aliphatic heterocycles. The maximum Gasteiger partial charge on any atom is 0.240 e. The van der Waals surface area contributed by atoms with Gasteiger partial charge in [0.15, 0.2) is 0 Å². The number of hydrogen-bond acceptors (Lipinski definition) is 2. The van der Waals surface area contributed by atoms with Crippen molar-refractivity contribution in [3.05, 3.63) is 35.1 Å². The van der Waals surface area contributed by atoms with Crippen molar-refractivity contribution < 1.29 is 13.2 Å². The first-order valence-electron chi connectivity index (χ1n) is 6.57. The summed E-state index contributed by atoms with van der Waals surface area (Å²) >= 11 is 0. The lowest BCUT2D eigenvalue weighted by Gasteiger charge is -2.35. The Morgan fingerprint density at radius 1 is 1.25 bits per heavy atom. The van der Waals surface area contributed by atoms with Gasteiger partial charge in [-0.3, -0.25) is 4.90 Å². The van der Waals surface area contributed by atoms with Crippen molar-refractivity contribution >= 4 is 12.4 Å². The third-order valence-corrected chi connectivity index (χ3v) is 3.50. The average molecular weight is 309 g/mol. The maximum absolute atomic E-state index is 13.9. The molecule has 20 heavy (non-hydrogen) atoms. The number of nitrogens with zero attached hydrogens (tertiary/aromatic N) is 1. The SMILES string of the molecule is Cc1ccc(F)c([C@H](CC(F)F)N2CCNCC2)c1.Cl. The quantitative estimate of drug-likeness (QED) is 0.919. The molecule has 114 valence electrons. The molecule has 0 amide bonds. The van der Waals surface area contributed by atoms with Gasteiger partial charge in [-0.25, -0.2) is 13.2 Å². The van der Waals surface area contributed by atoms with Crippen LogP contribution in [0.2, 0.25) is 0 Å². The Kier molecular flexibility index (Phi) is 6.79. The molecule has 1 saturated heterocycles. The lowest BCUT2D eigenvalue weighted by atomic mass is 9.99. The number of nitrogens with one attached hydrogen (secondary N) is 1. The number of alkyl halides is 2. The van der Waals surface area contributed by atoms with Crippen LogP contribution in [0, 0.1) is 12.7 Å². The Bertz CT molecular complexity index is 423. The Morgan fingerprint density at radius 3 is 2.50 bits per heavy atom. The Morgan fingerprint density at radius 2 is 1.90 bits per heavy atom. The normalized spacial score (nSPS) is 17.9. The molecule has 2 nitrogen and oxygen atoms in total. The highest BCUT2D eigenvalue weighted by atomic mass is 35.5. The van der Waals surface area contributed by atoms with Crippen molar-refractivity contribution in [2.75, 3.05) is 26.2 Å². The summed E-state index contributed by atoms with van der Waals surface area (Å²) in [4.78, 5) is 1.94. The molecule has 0 saturated carbocycles. The molecule has 1 atom stereocenters. The van der Waals surface area contributed by atoms with Gasteiger partial charge in [-0.2, -0.15) is 0 Å². The van der Waals surface area contributed by atoms with Crippen LogP contribution in [-0.2, 0) is 0 Å². The maximum atomic E-state index is 13.9. The van der Waals surface area contributed by atoms with Gasteiger partial charge in [-0.1, -0.05) is 17.7 Å². The standard InChI is InChI=1S/C14H19F3N2.ClH/c1-10-2-3-12(15)11(8-10)13(9-14(16)17)19-6-4-18-5-7-19;/h2-3,8,13-14,18H,4-7,9H2,1H3;1H/t13-;/m0./s1. The summed E-state index contributed by atoms with van der Waals surface area (Å²) in [5.74, 6) is -0.394. The minimum absolute atomic E-state index is 0. The predicted octanol–water partition coefficient (Wildman–Crippen LogP) is 3.16. The van der Waals surface area contributed by atoms with Crippen LogP contribution in [0.3, 0.4) is 0 Å². The number of benzene rings is 1. The lowest BCUT2D eigenvalue weighted by Crippen LogP contribution is -2.45. The molecule has 1 aromatic carbocycles. The summed E-state index contributed by atoms with van der Waals surface area (Å²) in [6, 6.07) is 4.17. The second-order valence-corrected chi connectivity index (χ2v) is 4.95. The van der Waals surface area contributed by atoms with E-state index in [0.717, 1.165) is 18.7 Å². The van der Waals surface area contributed by atoms with Gasteiger partial charge in [0.2, 0.25) is 6.43 Å². The van der Waals surface area contributed by atoms with Crippen molar-refractivity contribution in [3.63, 3.8) is 0 Å². The van der Waals surface area contributed by atoms with Gasteiger partial charge < -0.3 is 5.32 Å². The summed E-state index contributed by atoms with van der Waals surface area (Å²) in [7, 11) is 0. The Balaban J connectivity index is 0.00000200. The van der Waals surface area contributed by atoms with E-state index in [4.69, 9.17) is 0 Å². The molecule has 1 N–H and O–H groups in total. The van der Waals surface area contributed by atoms with Crippen molar-refractivity contribution in [1.29, 1.82) is 0 Å². The number of piperazine rings is 1. The van der Waals surface area contributed by atoms with Gasteiger partial charge in [-0.15, -0.1) is 12.4 Å². The summed E-state index contributed by atoms with van der Waals surface area (Å²) < 4.78 is 39.5. The van der Waals surface area contributed by atoms with E-state index in [0.29, 0.717) is 18.7 Å². The second kappa shape index (κ2) is 7.86. The fourth-order valence-corrected chi connectivity index (χ4v) is 2.55. The largest absolute Gasteiger partial charge is 0.314 e. The third-order valence-electron chi connectivity index (χ3n) is 3.50. The summed E-state index contributed by atoms with van der Waals surface area (Å²) in [6.07, 6.45) is -2.75. The zero-order chi connectivity index (χ0) is 13.8. The van der Waals surface area contributed by atoms with Crippen LogP contribution in [0.5, 0.6) is 0 Å². The van der Waals surface area contributed by atoms with Gasteiger partial charge in [0.25, 0.3) is 0 Å². The molecule has 0 bridgehead atoms. The van der Waals surface area contributed by atoms with Crippen LogP contribution >= 0.6 is 12.4 Å². The molecule has 1 fully saturated rings. The highest BCUT2D eigenvalue weighted by molar-refractivity contribution is 5.85. The molecule has 2 rings (SSSR count). The molecule has 0 spiro atoms. The minimum Gasteiger partial charge on any atom is -0.314 e. The monoisotopic (exact) mass is 308 g/mol. The van der Waals surface area contributed by atoms with Crippen molar-refractivity contribution in [1.82, 2.24) is 10.2 Å². The zero-order valence-corrected chi connectivity index (χ0v) is 12.2. The molecule has 6 heteroatoms. The second-order valence-electron chi connectivity index (χ2n) is 4.95. The summed E-state index contributed by atoms with van der Waals surface area (Å²) in [6.45, 7) is 4.70. The van der Waals surface area contributed by atoms with Gasteiger partial charge in [0, 0.05) is 44.2 Å². The number of hydrogen-bond donors (Lipinski definition) is 1. The first-order chi connectivity index (χ1) is 9.08. The lowest BCUT2D eigenvalue weighted by molar-refractivity contribution is 0.0725. The van der Waals surface area contributed by atoms with Crippen LogP contribution < -0.4 is 5.32 Å². The highest BCUT2D eigenvalue weighted by Crippen LogP contribution is 2.30. The first kappa shape index (κ1) is 17.3. The van der Waals surface area contributed by atoms with Gasteiger partial charge >= 0.3 is 0 Å². The van der Waals surface area contributed by atoms with Gasteiger partial charge in [0.1, 0.15) is 5.82 Å². The summed E-state index contributed by atoms with van der Waals surface area (Å²) in [5.41, 5.74) is 1.29. The van der Waals surface area contributed by atoms with Crippen LogP contribution in [-0.4, -0.2) is 37.5 Å². The predicted molar refractivity (Wildman–Crippen MR) is 76.2 cm³/mol. The first-order valence-corrected chi connectivity index (χ1v) is 6.57. The van der Waals surface area contributed by atoms with Crippen LogP contribution in [0.4, 0.5) is 13.2 Å². The molecule has 0 aromatic heterocycles. The number of aryl methyl sites for hydroxylation is 1. The van der Waals surface area contributed by atoms with E-state index >= 15 is 0 Å². The van der Waals surface area contributed by atoms with E-state index in [1.807, 2.05) is 11.8 Å². The third kappa shape index (κ3) is 4.36. The van der Waals surface area contributed by atoms with Gasteiger partial charge in [0.05, 0.1) is 0 Å². The molecule has 1 heterocycles. The van der Waals surface area contributed by atoms with E-state index in [1.165, 1.54) is 6.07 Å². The fourth-order valence-electron chi connectivity index (χ4n) is 2.55. The highest BCUT2D eigenvalue weighted by Gasteiger charge is 2.27. The summed E-state index contributed by atoms with van der Waals surface area (Å²) in [5, 5.41) is 3.18. The van der Waals surface area contributed by atoms with E-state index in [1.54, 1.807) is 12.1 Å². The van der Waals surface area contributed by atoms with Crippen molar-refractivity contribution in [2.24, 2.45) is 0 Å². The molecular formula is C14H20ClF3N2. The van der Waals surface area contributed by atoms with E-state index in [-0.39, 0.29) is 18.8 Å². The molecule has 0 aliphatic carbocycles. The molecule has 0 unspecified atom stereocenters. The van der Waals surface area contributed by atoms with Crippen LogP contribution in [0.15, 0.2) is 18.2 Å². The molecule has 1 aliphatic rings. The minimum atomic E-state index is -2.43. The Hall–Kier alpha value is -0.780. The van der Waals surface area contributed by atoms with E-state index in [2.05, 4.69) is 5.32 Å². The topological polar surface area (TPSA) is 15.3 Å². The molecule has 1 aromatic rings. The van der Waals surface area contributed by atoms with Crippen molar-refractivity contribution in [3.8, 4) is 0 Å². The zero-order valence-electron chi connectivity index (χ0n) is 11.4. The number of rotatable bonds is 4. The number of halogens is 4. The fraction of sp³-hybridized carbons (Fsp3) is 0.571. The van der Waals surface area contributed by atoms with Crippen LogP contribution in [0.1, 0.15) is 23.6 Å².